The Morgan fingerprint density at radius 3 is 2.81 bits per heavy atom. The second kappa shape index (κ2) is 5.23. The second-order valence-electron chi connectivity index (χ2n) is 4.58. The first kappa shape index (κ1) is 13.1. The largest absolute Gasteiger partial charge is 0.487 e. The topological polar surface area (TPSA) is 90.6 Å². The zero-order valence-electron chi connectivity index (χ0n) is 11.6. The molecule has 0 spiro atoms. The van der Waals surface area contributed by atoms with Gasteiger partial charge in [0.25, 0.3) is 0 Å². The number of rotatable bonds is 4. The van der Waals surface area contributed by atoms with E-state index in [2.05, 4.69) is 20.6 Å². The summed E-state index contributed by atoms with van der Waals surface area (Å²) in [5.74, 6) is 0.782. The molecular formula is C13H14N6O2. The standard InChI is InChI=1S/C13H14N6O2/c1-9-5-3-4-6-12(9)21-8-10-11(7-14-15-10)19-13(20)18(2)16-17-19/h3-7H,8H2,1-2H3,(H,14,15). The molecule has 0 bridgehead atoms. The minimum absolute atomic E-state index is 0.253. The molecule has 1 aromatic carbocycles. The summed E-state index contributed by atoms with van der Waals surface area (Å²) in [6, 6.07) is 7.71. The maximum Gasteiger partial charge on any atom is 0.368 e. The molecule has 0 aliphatic heterocycles. The van der Waals surface area contributed by atoms with Crippen LogP contribution in [0.5, 0.6) is 5.75 Å². The number of nitrogens with zero attached hydrogens (tertiary/aromatic N) is 5. The number of aromatic nitrogens is 6. The maximum atomic E-state index is 11.9. The SMILES string of the molecule is Cc1ccccc1OCc1[nH]ncc1-n1nnn(C)c1=O. The van der Waals surface area contributed by atoms with Crippen LogP contribution >= 0.6 is 0 Å². The molecule has 108 valence electrons. The van der Waals surface area contributed by atoms with Crippen molar-refractivity contribution in [2.24, 2.45) is 7.05 Å². The quantitative estimate of drug-likeness (QED) is 0.757. The average Bonchev–Trinajstić information content (AvgIpc) is 3.06. The van der Waals surface area contributed by atoms with E-state index in [9.17, 15) is 4.79 Å². The number of H-pyrrole nitrogens is 1. The van der Waals surface area contributed by atoms with Gasteiger partial charge in [-0.2, -0.15) is 14.5 Å². The van der Waals surface area contributed by atoms with Crippen molar-refractivity contribution < 1.29 is 4.74 Å². The first-order valence-corrected chi connectivity index (χ1v) is 6.37. The fourth-order valence-corrected chi connectivity index (χ4v) is 1.93. The van der Waals surface area contributed by atoms with E-state index in [1.165, 1.54) is 17.9 Å². The Kier molecular flexibility index (Phi) is 3.27. The molecule has 0 amide bonds. The predicted molar refractivity (Wildman–Crippen MR) is 74.3 cm³/mol. The molecule has 0 radical (unpaired) electrons. The van der Waals surface area contributed by atoms with E-state index < -0.39 is 0 Å². The molecule has 0 fully saturated rings. The van der Waals surface area contributed by atoms with E-state index in [0.717, 1.165) is 16.0 Å². The lowest BCUT2D eigenvalue weighted by Crippen LogP contribution is -2.22. The molecule has 0 saturated carbocycles. The summed E-state index contributed by atoms with van der Waals surface area (Å²) in [4.78, 5) is 11.9. The van der Waals surface area contributed by atoms with E-state index in [-0.39, 0.29) is 12.3 Å². The van der Waals surface area contributed by atoms with E-state index >= 15 is 0 Å². The molecule has 0 atom stereocenters. The van der Waals surface area contributed by atoms with Gasteiger partial charge in [-0.05, 0) is 29.0 Å². The third kappa shape index (κ3) is 2.42. The fourth-order valence-electron chi connectivity index (χ4n) is 1.93. The van der Waals surface area contributed by atoms with Crippen LogP contribution in [0.4, 0.5) is 0 Å². The number of aromatic amines is 1. The number of benzene rings is 1. The van der Waals surface area contributed by atoms with Crippen LogP contribution in [0.25, 0.3) is 5.69 Å². The van der Waals surface area contributed by atoms with Crippen molar-refractivity contribution in [3.05, 3.63) is 52.2 Å². The lowest BCUT2D eigenvalue weighted by molar-refractivity contribution is 0.298. The summed E-state index contributed by atoms with van der Waals surface area (Å²) in [5.41, 5.74) is 1.88. The molecule has 0 aliphatic carbocycles. The van der Waals surface area contributed by atoms with Crippen LogP contribution in [0.1, 0.15) is 11.3 Å². The highest BCUT2D eigenvalue weighted by atomic mass is 16.5. The van der Waals surface area contributed by atoms with Gasteiger partial charge >= 0.3 is 5.69 Å². The highest BCUT2D eigenvalue weighted by Crippen LogP contribution is 2.18. The normalized spacial score (nSPS) is 10.8. The number of tetrazole rings is 1. The first-order chi connectivity index (χ1) is 10.2. The Morgan fingerprint density at radius 2 is 2.10 bits per heavy atom. The van der Waals surface area contributed by atoms with Gasteiger partial charge in [0.1, 0.15) is 18.0 Å². The number of nitrogens with one attached hydrogen (secondary N) is 1. The second-order valence-corrected chi connectivity index (χ2v) is 4.58. The number of aryl methyl sites for hydroxylation is 2. The first-order valence-electron chi connectivity index (χ1n) is 6.37. The van der Waals surface area contributed by atoms with Crippen molar-refractivity contribution in [2.45, 2.75) is 13.5 Å². The summed E-state index contributed by atoms with van der Waals surface area (Å²) >= 11 is 0. The minimum atomic E-state index is -0.339. The van der Waals surface area contributed by atoms with Gasteiger partial charge in [0.15, 0.2) is 0 Å². The number of para-hydroxylation sites is 1. The molecule has 0 aliphatic rings. The van der Waals surface area contributed by atoms with Crippen molar-refractivity contribution in [2.75, 3.05) is 0 Å². The molecule has 21 heavy (non-hydrogen) atoms. The van der Waals surface area contributed by atoms with E-state index in [0.29, 0.717) is 11.4 Å². The summed E-state index contributed by atoms with van der Waals surface area (Å²) in [6.07, 6.45) is 1.52. The molecule has 3 aromatic rings. The Labute approximate surface area is 120 Å². The summed E-state index contributed by atoms with van der Waals surface area (Å²) in [5, 5.41) is 14.2. The molecule has 1 N–H and O–H groups in total. The van der Waals surface area contributed by atoms with Crippen molar-refractivity contribution in [3.63, 3.8) is 0 Å². The van der Waals surface area contributed by atoms with Crippen molar-refractivity contribution >= 4 is 0 Å². The van der Waals surface area contributed by atoms with Gasteiger partial charge in [-0.25, -0.2) is 4.79 Å². The van der Waals surface area contributed by atoms with Crippen LogP contribution in [0.2, 0.25) is 0 Å². The Bertz CT molecular complexity index is 816. The third-order valence-electron chi connectivity index (χ3n) is 3.11. The van der Waals surface area contributed by atoms with Crippen molar-refractivity contribution in [1.82, 2.24) is 30.0 Å². The lowest BCUT2D eigenvalue weighted by Gasteiger charge is -2.08. The number of hydrogen-bond acceptors (Lipinski definition) is 5. The number of hydrogen-bond donors (Lipinski definition) is 1. The minimum Gasteiger partial charge on any atom is -0.487 e. The Hall–Kier alpha value is -2.90. The van der Waals surface area contributed by atoms with Gasteiger partial charge in [-0.1, -0.05) is 18.2 Å². The zero-order chi connectivity index (χ0) is 14.8. The molecular weight excluding hydrogens is 272 g/mol. The van der Waals surface area contributed by atoms with E-state index in [1.807, 2.05) is 31.2 Å². The molecule has 3 rings (SSSR count). The summed E-state index contributed by atoms with van der Waals surface area (Å²) < 4.78 is 8.08. The van der Waals surface area contributed by atoms with Gasteiger partial charge in [-0.3, -0.25) is 5.10 Å². The average molecular weight is 286 g/mol. The highest BCUT2D eigenvalue weighted by molar-refractivity contribution is 5.34. The van der Waals surface area contributed by atoms with E-state index in [1.54, 1.807) is 0 Å². The molecule has 8 nitrogen and oxygen atoms in total. The van der Waals surface area contributed by atoms with Gasteiger partial charge < -0.3 is 4.74 Å². The van der Waals surface area contributed by atoms with Crippen LogP contribution in [-0.4, -0.2) is 30.0 Å². The van der Waals surface area contributed by atoms with Gasteiger partial charge in [0.05, 0.1) is 11.9 Å². The number of ether oxygens (including phenoxy) is 1. The molecule has 2 heterocycles. The highest BCUT2D eigenvalue weighted by Gasteiger charge is 2.13. The van der Waals surface area contributed by atoms with Crippen molar-refractivity contribution in [3.8, 4) is 11.4 Å². The summed E-state index contributed by atoms with van der Waals surface area (Å²) in [7, 11) is 1.54. The maximum absolute atomic E-state index is 11.9. The van der Waals surface area contributed by atoms with Crippen molar-refractivity contribution in [1.29, 1.82) is 0 Å². The van der Waals surface area contributed by atoms with Gasteiger partial charge in [0, 0.05) is 7.05 Å². The van der Waals surface area contributed by atoms with Crippen LogP contribution in [0, 0.1) is 6.92 Å². The predicted octanol–water partition coefficient (Wildman–Crippen LogP) is 0.577. The smallest absolute Gasteiger partial charge is 0.368 e. The van der Waals surface area contributed by atoms with Crippen LogP contribution in [0.15, 0.2) is 35.3 Å². The molecule has 8 heteroatoms. The fraction of sp³-hybridized carbons (Fsp3) is 0.231. The molecule has 2 aromatic heterocycles. The van der Waals surface area contributed by atoms with Crippen LogP contribution < -0.4 is 10.4 Å². The Balaban J connectivity index is 1.85. The summed E-state index contributed by atoms with van der Waals surface area (Å²) in [6.45, 7) is 2.22. The zero-order valence-corrected chi connectivity index (χ0v) is 11.6. The molecule has 0 unspecified atom stereocenters. The third-order valence-corrected chi connectivity index (χ3v) is 3.11. The van der Waals surface area contributed by atoms with Crippen LogP contribution in [0.3, 0.4) is 0 Å². The van der Waals surface area contributed by atoms with E-state index in [4.69, 9.17) is 4.74 Å². The lowest BCUT2D eigenvalue weighted by atomic mass is 10.2. The van der Waals surface area contributed by atoms with Gasteiger partial charge in [-0.15, -0.1) is 0 Å². The molecule has 0 saturated heterocycles. The monoisotopic (exact) mass is 286 g/mol. The van der Waals surface area contributed by atoms with Gasteiger partial charge in [0.2, 0.25) is 0 Å². The van der Waals surface area contributed by atoms with Crippen LogP contribution in [-0.2, 0) is 13.7 Å². The Morgan fingerprint density at radius 1 is 1.29 bits per heavy atom.